The predicted molar refractivity (Wildman–Crippen MR) is 70.0 cm³/mol. The minimum Gasteiger partial charge on any atom is -0.490 e. The first-order valence-corrected chi connectivity index (χ1v) is 6.79. The third kappa shape index (κ3) is 3.69. The predicted octanol–water partition coefficient (Wildman–Crippen LogP) is 3.87. The fraction of sp³-hybridized carbons (Fsp3) is 0.533. The number of hydrogen-bond acceptors (Lipinski definition) is 2. The first kappa shape index (κ1) is 13.8. The highest BCUT2D eigenvalue weighted by molar-refractivity contribution is 5.88. The lowest BCUT2D eigenvalue weighted by Crippen LogP contribution is -2.25. The van der Waals surface area contributed by atoms with Gasteiger partial charge in [0.15, 0.2) is 0 Å². The standard InChI is InChI=1S/C15H19FO3/c1-2-10-4-3-5-13(6-10)19-14-8-11(15(17)18)7-12(16)9-14/h7-10,13H,2-6H2,1H3,(H,17,18). The van der Waals surface area contributed by atoms with Gasteiger partial charge in [-0.05, 0) is 37.3 Å². The Morgan fingerprint density at radius 2 is 2.21 bits per heavy atom. The molecule has 3 nitrogen and oxygen atoms in total. The first-order chi connectivity index (χ1) is 9.08. The Balaban J connectivity index is 2.08. The Morgan fingerprint density at radius 1 is 1.42 bits per heavy atom. The topological polar surface area (TPSA) is 46.5 Å². The second-order valence-electron chi connectivity index (χ2n) is 5.16. The molecule has 1 aliphatic rings. The second kappa shape index (κ2) is 6.04. The van der Waals surface area contributed by atoms with Crippen molar-refractivity contribution in [3.8, 4) is 5.75 Å². The highest BCUT2D eigenvalue weighted by Crippen LogP contribution is 2.30. The van der Waals surface area contributed by atoms with Gasteiger partial charge in [-0.1, -0.05) is 19.8 Å². The third-order valence-corrected chi connectivity index (χ3v) is 3.73. The highest BCUT2D eigenvalue weighted by Gasteiger charge is 2.22. The van der Waals surface area contributed by atoms with Gasteiger partial charge in [-0.2, -0.15) is 0 Å². The molecule has 1 aromatic rings. The summed E-state index contributed by atoms with van der Waals surface area (Å²) in [6.07, 6.45) is 5.46. The summed E-state index contributed by atoms with van der Waals surface area (Å²) in [5.41, 5.74) is -0.0714. The van der Waals surface area contributed by atoms with Crippen molar-refractivity contribution in [2.75, 3.05) is 0 Å². The molecule has 0 saturated heterocycles. The van der Waals surface area contributed by atoms with Gasteiger partial charge in [0, 0.05) is 6.07 Å². The fourth-order valence-corrected chi connectivity index (χ4v) is 2.67. The average molecular weight is 266 g/mol. The van der Waals surface area contributed by atoms with Crippen LogP contribution in [0.25, 0.3) is 0 Å². The molecule has 0 spiro atoms. The number of rotatable bonds is 4. The van der Waals surface area contributed by atoms with E-state index >= 15 is 0 Å². The molecule has 1 fully saturated rings. The van der Waals surface area contributed by atoms with Gasteiger partial charge in [0.2, 0.25) is 0 Å². The quantitative estimate of drug-likeness (QED) is 0.899. The Hall–Kier alpha value is -1.58. The summed E-state index contributed by atoms with van der Waals surface area (Å²) in [6, 6.07) is 3.65. The van der Waals surface area contributed by atoms with E-state index < -0.39 is 11.8 Å². The molecule has 0 amide bonds. The zero-order valence-corrected chi connectivity index (χ0v) is 11.1. The number of hydrogen-bond donors (Lipinski definition) is 1. The number of benzene rings is 1. The number of aromatic carboxylic acids is 1. The average Bonchev–Trinajstić information content (AvgIpc) is 2.38. The maximum Gasteiger partial charge on any atom is 0.335 e. The largest absolute Gasteiger partial charge is 0.490 e. The molecular formula is C15H19FO3. The minimum atomic E-state index is -1.14. The Bertz CT molecular complexity index is 459. The van der Waals surface area contributed by atoms with Crippen LogP contribution in [0.3, 0.4) is 0 Å². The molecule has 0 bridgehead atoms. The lowest BCUT2D eigenvalue weighted by Gasteiger charge is -2.29. The van der Waals surface area contributed by atoms with Gasteiger partial charge < -0.3 is 9.84 Å². The molecule has 2 unspecified atom stereocenters. The van der Waals surface area contributed by atoms with Crippen molar-refractivity contribution in [1.29, 1.82) is 0 Å². The summed E-state index contributed by atoms with van der Waals surface area (Å²) in [5.74, 6) is -0.734. The van der Waals surface area contributed by atoms with Crippen molar-refractivity contribution in [3.63, 3.8) is 0 Å². The van der Waals surface area contributed by atoms with Crippen molar-refractivity contribution in [3.05, 3.63) is 29.6 Å². The molecule has 1 aromatic carbocycles. The van der Waals surface area contributed by atoms with Crippen LogP contribution in [-0.2, 0) is 0 Å². The molecule has 0 radical (unpaired) electrons. The monoisotopic (exact) mass is 266 g/mol. The van der Waals surface area contributed by atoms with Crippen molar-refractivity contribution < 1.29 is 19.0 Å². The Morgan fingerprint density at radius 3 is 2.89 bits per heavy atom. The first-order valence-electron chi connectivity index (χ1n) is 6.79. The zero-order chi connectivity index (χ0) is 13.8. The van der Waals surface area contributed by atoms with Gasteiger partial charge >= 0.3 is 5.97 Å². The molecule has 0 aliphatic heterocycles. The molecule has 2 atom stereocenters. The lowest BCUT2D eigenvalue weighted by molar-refractivity contribution is 0.0694. The molecular weight excluding hydrogens is 247 g/mol. The van der Waals surface area contributed by atoms with Crippen LogP contribution in [0, 0.1) is 11.7 Å². The number of carboxylic acids is 1. The summed E-state index contributed by atoms with van der Waals surface area (Å²) >= 11 is 0. The maximum atomic E-state index is 13.3. The fourth-order valence-electron chi connectivity index (χ4n) is 2.67. The van der Waals surface area contributed by atoms with E-state index in [2.05, 4.69) is 6.92 Å². The molecule has 1 N–H and O–H groups in total. The van der Waals surface area contributed by atoms with Crippen LogP contribution in [0.2, 0.25) is 0 Å². The van der Waals surface area contributed by atoms with Crippen LogP contribution in [0.5, 0.6) is 5.75 Å². The molecule has 19 heavy (non-hydrogen) atoms. The van der Waals surface area contributed by atoms with Crippen LogP contribution >= 0.6 is 0 Å². The smallest absolute Gasteiger partial charge is 0.335 e. The van der Waals surface area contributed by atoms with Gasteiger partial charge in [-0.3, -0.25) is 0 Å². The SMILES string of the molecule is CCC1CCCC(Oc2cc(F)cc(C(=O)O)c2)C1. The van der Waals surface area contributed by atoms with E-state index in [1.807, 2.05) is 0 Å². The van der Waals surface area contributed by atoms with Crippen LogP contribution < -0.4 is 4.74 Å². The maximum absolute atomic E-state index is 13.3. The number of ether oxygens (including phenoxy) is 1. The molecule has 104 valence electrons. The third-order valence-electron chi connectivity index (χ3n) is 3.73. The van der Waals surface area contributed by atoms with E-state index in [-0.39, 0.29) is 11.7 Å². The van der Waals surface area contributed by atoms with E-state index in [1.165, 1.54) is 18.6 Å². The number of halogens is 1. The van der Waals surface area contributed by atoms with Crippen molar-refractivity contribution in [2.45, 2.75) is 45.1 Å². The van der Waals surface area contributed by atoms with Gasteiger partial charge in [0.25, 0.3) is 0 Å². The number of carbonyl (C=O) groups is 1. The van der Waals surface area contributed by atoms with E-state index in [0.29, 0.717) is 11.7 Å². The second-order valence-corrected chi connectivity index (χ2v) is 5.16. The van der Waals surface area contributed by atoms with Crippen LogP contribution in [-0.4, -0.2) is 17.2 Å². The summed E-state index contributed by atoms with van der Waals surface area (Å²) < 4.78 is 19.1. The lowest BCUT2D eigenvalue weighted by atomic mass is 9.85. The molecule has 0 aromatic heterocycles. The molecule has 1 saturated carbocycles. The zero-order valence-electron chi connectivity index (χ0n) is 11.1. The highest BCUT2D eigenvalue weighted by atomic mass is 19.1. The van der Waals surface area contributed by atoms with E-state index in [0.717, 1.165) is 31.7 Å². The van der Waals surface area contributed by atoms with Gasteiger partial charge in [-0.15, -0.1) is 0 Å². The van der Waals surface area contributed by atoms with Gasteiger partial charge in [0.05, 0.1) is 11.7 Å². The van der Waals surface area contributed by atoms with Gasteiger partial charge in [-0.25, -0.2) is 9.18 Å². The molecule has 0 heterocycles. The summed E-state index contributed by atoms with van der Waals surface area (Å²) in [7, 11) is 0. The van der Waals surface area contributed by atoms with Crippen molar-refractivity contribution in [1.82, 2.24) is 0 Å². The number of carboxylic acid groups (broad SMARTS) is 1. The van der Waals surface area contributed by atoms with Crippen LogP contribution in [0.4, 0.5) is 4.39 Å². The van der Waals surface area contributed by atoms with E-state index in [1.54, 1.807) is 0 Å². The normalized spacial score (nSPS) is 23.1. The molecule has 4 heteroatoms. The minimum absolute atomic E-state index is 0.0714. The summed E-state index contributed by atoms with van der Waals surface area (Å²) in [5, 5.41) is 8.90. The van der Waals surface area contributed by atoms with Crippen molar-refractivity contribution in [2.24, 2.45) is 5.92 Å². The molecule has 2 rings (SSSR count). The van der Waals surface area contributed by atoms with E-state index in [9.17, 15) is 9.18 Å². The summed E-state index contributed by atoms with van der Waals surface area (Å²) in [4.78, 5) is 10.9. The molecule has 1 aliphatic carbocycles. The van der Waals surface area contributed by atoms with Crippen LogP contribution in [0.1, 0.15) is 49.4 Å². The summed E-state index contributed by atoms with van der Waals surface area (Å²) in [6.45, 7) is 2.16. The Kier molecular flexibility index (Phi) is 4.40. The van der Waals surface area contributed by atoms with Crippen LogP contribution in [0.15, 0.2) is 18.2 Å². The van der Waals surface area contributed by atoms with Crippen molar-refractivity contribution >= 4 is 5.97 Å². The van der Waals surface area contributed by atoms with Gasteiger partial charge in [0.1, 0.15) is 11.6 Å². The Labute approximate surface area is 112 Å². The van der Waals surface area contributed by atoms with E-state index in [4.69, 9.17) is 9.84 Å².